The van der Waals surface area contributed by atoms with Gasteiger partial charge in [-0.25, -0.2) is 9.07 Å². The van der Waals surface area contributed by atoms with Crippen molar-refractivity contribution in [3.05, 3.63) is 64.2 Å². The van der Waals surface area contributed by atoms with E-state index in [0.29, 0.717) is 34.0 Å². The van der Waals surface area contributed by atoms with Gasteiger partial charge in [-0.3, -0.25) is 4.79 Å². The molecule has 188 valence electrons. The van der Waals surface area contributed by atoms with E-state index in [1.165, 1.54) is 31.0 Å². The van der Waals surface area contributed by atoms with Crippen molar-refractivity contribution in [3.8, 4) is 11.5 Å². The van der Waals surface area contributed by atoms with Crippen molar-refractivity contribution in [2.75, 3.05) is 18.3 Å². The number of thioether (sulfide) groups is 1. The summed E-state index contributed by atoms with van der Waals surface area (Å²) in [4.78, 5) is 12.2. The molecule has 2 N–H and O–H groups in total. The SMILES string of the molecule is COc1cc(CNn2c(C)nnc2SCC(=O)NC(C)(C)C)cc(Cl)c1OCc1ccc(F)cc1. The molecule has 0 fully saturated rings. The number of nitrogens with one attached hydrogen (secondary N) is 2. The van der Waals surface area contributed by atoms with Gasteiger partial charge in [0.05, 0.1) is 24.4 Å². The van der Waals surface area contributed by atoms with Crippen molar-refractivity contribution >= 4 is 29.3 Å². The Morgan fingerprint density at radius 3 is 2.54 bits per heavy atom. The van der Waals surface area contributed by atoms with Crippen molar-refractivity contribution in [1.82, 2.24) is 20.2 Å². The Kier molecular flexibility index (Phi) is 8.85. The Bertz CT molecular complexity index is 1170. The van der Waals surface area contributed by atoms with E-state index in [1.807, 2.05) is 33.8 Å². The molecule has 0 unspecified atom stereocenters. The molecular weight excluding hydrogens is 493 g/mol. The quantitative estimate of drug-likeness (QED) is 0.373. The van der Waals surface area contributed by atoms with Gasteiger partial charge in [0.15, 0.2) is 11.5 Å². The summed E-state index contributed by atoms with van der Waals surface area (Å²) in [6.07, 6.45) is 0. The second-order valence-corrected chi connectivity index (χ2v) is 10.2. The van der Waals surface area contributed by atoms with Crippen LogP contribution in [0, 0.1) is 12.7 Å². The molecule has 8 nitrogen and oxygen atoms in total. The standard InChI is InChI=1S/C24H29ClFN5O3S/c1-15-29-30-23(35-14-21(32)28-24(2,3)4)31(15)27-12-17-10-19(25)22(20(11-17)33-5)34-13-16-6-8-18(26)9-7-16/h6-11,27H,12-14H2,1-5H3,(H,28,32). The molecule has 2 aromatic carbocycles. The number of hydrogen-bond acceptors (Lipinski definition) is 7. The van der Waals surface area contributed by atoms with Crippen LogP contribution in [0.2, 0.25) is 5.02 Å². The Hall–Kier alpha value is -2.98. The van der Waals surface area contributed by atoms with Crippen molar-refractivity contribution in [2.45, 2.75) is 51.5 Å². The molecule has 35 heavy (non-hydrogen) atoms. The number of aryl methyl sites for hydroxylation is 1. The number of carbonyl (C=O) groups excluding carboxylic acids is 1. The zero-order valence-electron chi connectivity index (χ0n) is 20.3. The van der Waals surface area contributed by atoms with Gasteiger partial charge >= 0.3 is 0 Å². The molecule has 0 saturated carbocycles. The summed E-state index contributed by atoms with van der Waals surface area (Å²) in [5, 5.41) is 12.2. The van der Waals surface area contributed by atoms with Crippen molar-refractivity contribution in [1.29, 1.82) is 0 Å². The zero-order valence-corrected chi connectivity index (χ0v) is 21.9. The van der Waals surface area contributed by atoms with E-state index in [9.17, 15) is 9.18 Å². The van der Waals surface area contributed by atoms with Crippen LogP contribution in [-0.4, -0.2) is 39.2 Å². The number of nitrogens with zero attached hydrogens (tertiary/aromatic N) is 3. The molecule has 1 amide bonds. The third-order valence-corrected chi connectivity index (χ3v) is 5.88. The van der Waals surface area contributed by atoms with Crippen molar-refractivity contribution in [2.24, 2.45) is 0 Å². The highest BCUT2D eigenvalue weighted by Crippen LogP contribution is 2.37. The Morgan fingerprint density at radius 1 is 1.17 bits per heavy atom. The first kappa shape index (κ1) is 26.6. The molecule has 1 heterocycles. The summed E-state index contributed by atoms with van der Waals surface area (Å²) in [7, 11) is 1.54. The number of halogens is 2. The van der Waals surface area contributed by atoms with E-state index in [-0.39, 0.29) is 29.6 Å². The molecule has 0 atom stereocenters. The number of aromatic nitrogens is 3. The number of amides is 1. The number of carbonyl (C=O) groups is 1. The van der Waals surface area contributed by atoms with Gasteiger partial charge in [-0.15, -0.1) is 10.2 Å². The van der Waals surface area contributed by atoms with E-state index < -0.39 is 0 Å². The molecular formula is C24H29ClFN5O3S. The number of benzene rings is 2. The minimum Gasteiger partial charge on any atom is -0.493 e. The lowest BCUT2D eigenvalue weighted by Crippen LogP contribution is -2.41. The smallest absolute Gasteiger partial charge is 0.230 e. The highest BCUT2D eigenvalue weighted by Gasteiger charge is 2.17. The first-order valence-corrected chi connectivity index (χ1v) is 12.3. The predicted molar refractivity (Wildman–Crippen MR) is 135 cm³/mol. The zero-order chi connectivity index (χ0) is 25.6. The van der Waals surface area contributed by atoms with Gasteiger partial charge in [-0.1, -0.05) is 35.5 Å². The van der Waals surface area contributed by atoms with Crippen molar-refractivity contribution in [3.63, 3.8) is 0 Å². The van der Waals surface area contributed by atoms with Crippen LogP contribution >= 0.6 is 23.4 Å². The Morgan fingerprint density at radius 2 is 1.89 bits per heavy atom. The molecule has 1 aromatic heterocycles. The monoisotopic (exact) mass is 521 g/mol. The third kappa shape index (κ3) is 7.76. The van der Waals surface area contributed by atoms with Gasteiger partial charge in [-0.05, 0) is 63.1 Å². The van der Waals surface area contributed by atoms with Crippen molar-refractivity contribution < 1.29 is 18.7 Å². The van der Waals surface area contributed by atoms with Crippen LogP contribution < -0.4 is 20.2 Å². The second kappa shape index (κ2) is 11.6. The lowest BCUT2D eigenvalue weighted by molar-refractivity contribution is -0.119. The van der Waals surface area contributed by atoms with Gasteiger partial charge in [0, 0.05) is 5.54 Å². The van der Waals surface area contributed by atoms with Gasteiger partial charge in [0.1, 0.15) is 18.2 Å². The highest BCUT2D eigenvalue weighted by atomic mass is 35.5. The molecule has 3 rings (SSSR count). The minimum atomic E-state index is -0.306. The first-order valence-electron chi connectivity index (χ1n) is 10.9. The fourth-order valence-corrected chi connectivity index (χ4v) is 4.17. The van der Waals surface area contributed by atoms with E-state index in [1.54, 1.807) is 22.9 Å². The van der Waals surface area contributed by atoms with Crippen LogP contribution in [-0.2, 0) is 17.9 Å². The van der Waals surface area contributed by atoms with Gasteiger partial charge in [0.2, 0.25) is 11.1 Å². The largest absolute Gasteiger partial charge is 0.493 e. The highest BCUT2D eigenvalue weighted by molar-refractivity contribution is 7.99. The van der Waals surface area contributed by atoms with E-state index in [2.05, 4.69) is 20.9 Å². The van der Waals surface area contributed by atoms with E-state index >= 15 is 0 Å². The fourth-order valence-electron chi connectivity index (χ4n) is 3.12. The van der Waals surface area contributed by atoms with E-state index in [0.717, 1.165) is 11.1 Å². The molecule has 0 aliphatic carbocycles. The second-order valence-electron chi connectivity index (χ2n) is 8.81. The molecule has 0 radical (unpaired) electrons. The maximum Gasteiger partial charge on any atom is 0.230 e. The van der Waals surface area contributed by atoms with Crippen LogP contribution in [0.4, 0.5) is 4.39 Å². The van der Waals surface area contributed by atoms with Crippen LogP contribution in [0.25, 0.3) is 0 Å². The number of ether oxygens (including phenoxy) is 2. The molecule has 0 aliphatic rings. The summed E-state index contributed by atoms with van der Waals surface area (Å²) < 4.78 is 26.2. The maximum atomic E-state index is 13.1. The molecule has 0 aliphatic heterocycles. The normalized spacial score (nSPS) is 11.3. The van der Waals surface area contributed by atoms with Gasteiger partial charge in [0.25, 0.3) is 0 Å². The predicted octanol–water partition coefficient (Wildman–Crippen LogP) is 4.72. The summed E-state index contributed by atoms with van der Waals surface area (Å²) in [5.74, 6) is 1.37. The van der Waals surface area contributed by atoms with E-state index in [4.69, 9.17) is 21.1 Å². The number of hydrogen-bond donors (Lipinski definition) is 2. The lowest BCUT2D eigenvalue weighted by atomic mass is 10.1. The average molecular weight is 522 g/mol. The summed E-state index contributed by atoms with van der Waals surface area (Å²) in [6.45, 7) is 8.23. The Balaban J connectivity index is 1.66. The summed E-state index contributed by atoms with van der Waals surface area (Å²) in [5.41, 5.74) is 4.61. The van der Waals surface area contributed by atoms with Crippen LogP contribution in [0.5, 0.6) is 11.5 Å². The molecule has 0 bridgehead atoms. The number of rotatable bonds is 10. The maximum absolute atomic E-state index is 13.1. The average Bonchev–Trinajstić information content (AvgIpc) is 3.14. The number of methoxy groups -OCH3 is 1. The fraction of sp³-hybridized carbons (Fsp3) is 0.375. The minimum absolute atomic E-state index is 0.0811. The van der Waals surface area contributed by atoms with Gasteiger partial charge in [-0.2, -0.15) is 0 Å². The topological polar surface area (TPSA) is 90.3 Å². The molecule has 0 spiro atoms. The summed E-state index contributed by atoms with van der Waals surface area (Å²) in [6, 6.07) is 9.66. The van der Waals surface area contributed by atoms with Crippen LogP contribution in [0.15, 0.2) is 41.6 Å². The molecule has 0 saturated heterocycles. The Labute approximate surface area is 213 Å². The molecule has 3 aromatic rings. The first-order chi connectivity index (χ1) is 16.6. The van der Waals surface area contributed by atoms with Gasteiger partial charge < -0.3 is 20.2 Å². The lowest BCUT2D eigenvalue weighted by Gasteiger charge is -2.20. The van der Waals surface area contributed by atoms with Crippen LogP contribution in [0.1, 0.15) is 37.7 Å². The van der Waals surface area contributed by atoms with Crippen LogP contribution in [0.3, 0.4) is 0 Å². The molecule has 11 heteroatoms. The summed E-state index contributed by atoms with van der Waals surface area (Å²) >= 11 is 7.78. The third-order valence-electron chi connectivity index (χ3n) is 4.67.